The predicted octanol–water partition coefficient (Wildman–Crippen LogP) is 0.917. The Morgan fingerprint density at radius 1 is 1.33 bits per heavy atom. The third-order valence-electron chi connectivity index (χ3n) is 2.84. The van der Waals surface area contributed by atoms with Crippen LogP contribution >= 0.6 is 11.6 Å². The Morgan fingerprint density at radius 3 is 2.61 bits per heavy atom. The van der Waals surface area contributed by atoms with Gasteiger partial charge in [-0.05, 0) is 23.8 Å². The Bertz CT molecular complexity index is 465. The molecular weight excluding hydrogens is 254 g/mol. The quantitative estimate of drug-likeness (QED) is 0.784. The minimum Gasteiger partial charge on any atom is -0.388 e. The highest BCUT2D eigenvalue weighted by atomic mass is 35.5. The fourth-order valence-electron chi connectivity index (χ4n) is 1.83. The van der Waals surface area contributed by atoms with E-state index < -0.39 is 12.2 Å². The molecule has 2 atom stereocenters. The highest BCUT2D eigenvalue weighted by Crippen LogP contribution is 2.13. The van der Waals surface area contributed by atoms with Gasteiger partial charge in [-0.3, -0.25) is 4.79 Å². The topological polar surface area (TPSA) is 60.8 Å². The predicted molar refractivity (Wildman–Crippen MR) is 69.1 cm³/mol. The first-order valence-corrected chi connectivity index (χ1v) is 6.03. The van der Waals surface area contributed by atoms with Gasteiger partial charge in [0.15, 0.2) is 0 Å². The van der Waals surface area contributed by atoms with Crippen molar-refractivity contribution in [3.63, 3.8) is 0 Å². The van der Waals surface area contributed by atoms with E-state index in [-0.39, 0.29) is 19.0 Å². The van der Waals surface area contributed by atoms with E-state index in [4.69, 9.17) is 11.6 Å². The van der Waals surface area contributed by atoms with Crippen molar-refractivity contribution >= 4 is 23.6 Å². The van der Waals surface area contributed by atoms with Gasteiger partial charge >= 0.3 is 0 Å². The first-order valence-electron chi connectivity index (χ1n) is 5.65. The Morgan fingerprint density at radius 2 is 2.00 bits per heavy atom. The lowest BCUT2D eigenvalue weighted by Gasteiger charge is -2.11. The molecule has 2 rings (SSSR count). The van der Waals surface area contributed by atoms with Crippen molar-refractivity contribution in [2.45, 2.75) is 12.2 Å². The van der Waals surface area contributed by atoms with E-state index in [1.807, 2.05) is 6.07 Å². The molecule has 1 aliphatic heterocycles. The molecule has 1 aliphatic rings. The van der Waals surface area contributed by atoms with E-state index in [1.54, 1.807) is 24.3 Å². The summed E-state index contributed by atoms with van der Waals surface area (Å²) >= 11 is 5.83. The van der Waals surface area contributed by atoms with E-state index >= 15 is 0 Å². The number of benzene rings is 1. The average molecular weight is 268 g/mol. The second-order valence-electron chi connectivity index (χ2n) is 4.27. The van der Waals surface area contributed by atoms with Gasteiger partial charge in [-0.2, -0.15) is 0 Å². The fourth-order valence-corrected chi connectivity index (χ4v) is 2.03. The lowest BCUT2D eigenvalue weighted by atomic mass is 10.2. The zero-order valence-corrected chi connectivity index (χ0v) is 10.4. The Labute approximate surface area is 110 Å². The van der Waals surface area contributed by atoms with Crippen molar-refractivity contribution in [1.82, 2.24) is 4.90 Å². The van der Waals surface area contributed by atoms with Crippen LogP contribution in [0.4, 0.5) is 0 Å². The SMILES string of the molecule is O=C(C=Cc1cccc(Cl)c1)N1C[C@@H](O)[C@@H](O)C1. The van der Waals surface area contributed by atoms with Gasteiger partial charge in [-0.15, -0.1) is 0 Å². The smallest absolute Gasteiger partial charge is 0.246 e. The van der Waals surface area contributed by atoms with E-state index in [1.165, 1.54) is 11.0 Å². The molecule has 0 aromatic heterocycles. The molecule has 0 spiro atoms. The molecular formula is C13H14ClNO3. The van der Waals surface area contributed by atoms with Gasteiger partial charge in [-0.1, -0.05) is 23.7 Å². The maximum Gasteiger partial charge on any atom is 0.246 e. The summed E-state index contributed by atoms with van der Waals surface area (Å²) in [5.41, 5.74) is 0.830. The fraction of sp³-hybridized carbons (Fsp3) is 0.308. The summed E-state index contributed by atoms with van der Waals surface area (Å²) in [5.74, 6) is -0.231. The maximum atomic E-state index is 11.8. The lowest BCUT2D eigenvalue weighted by Crippen LogP contribution is -2.27. The van der Waals surface area contributed by atoms with Gasteiger partial charge < -0.3 is 15.1 Å². The summed E-state index contributed by atoms with van der Waals surface area (Å²) in [5, 5.41) is 19.3. The van der Waals surface area contributed by atoms with E-state index in [9.17, 15) is 15.0 Å². The van der Waals surface area contributed by atoms with E-state index in [0.29, 0.717) is 5.02 Å². The number of carbonyl (C=O) groups excluding carboxylic acids is 1. The third kappa shape index (κ3) is 3.10. The molecule has 0 saturated carbocycles. The van der Waals surface area contributed by atoms with Crippen LogP contribution in [0.2, 0.25) is 5.02 Å². The summed E-state index contributed by atoms with van der Waals surface area (Å²) in [7, 11) is 0. The second-order valence-corrected chi connectivity index (χ2v) is 4.70. The molecule has 5 heteroatoms. The molecule has 1 aromatic carbocycles. The largest absolute Gasteiger partial charge is 0.388 e. The van der Waals surface area contributed by atoms with Crippen molar-refractivity contribution in [1.29, 1.82) is 0 Å². The number of aliphatic hydroxyl groups is 2. The Hall–Kier alpha value is -1.36. The molecule has 1 fully saturated rings. The van der Waals surface area contributed by atoms with Gasteiger partial charge in [0.2, 0.25) is 5.91 Å². The molecule has 0 aliphatic carbocycles. The molecule has 0 unspecified atom stereocenters. The summed E-state index contributed by atoms with van der Waals surface area (Å²) < 4.78 is 0. The molecule has 1 amide bonds. The molecule has 1 saturated heterocycles. The van der Waals surface area contributed by atoms with Crippen LogP contribution in [-0.2, 0) is 4.79 Å². The lowest BCUT2D eigenvalue weighted by molar-refractivity contribution is -0.125. The van der Waals surface area contributed by atoms with Gasteiger partial charge in [0, 0.05) is 24.2 Å². The monoisotopic (exact) mass is 267 g/mol. The van der Waals surface area contributed by atoms with Crippen LogP contribution in [0.15, 0.2) is 30.3 Å². The van der Waals surface area contributed by atoms with Crippen LogP contribution in [-0.4, -0.2) is 46.3 Å². The number of hydrogen-bond acceptors (Lipinski definition) is 3. The molecule has 18 heavy (non-hydrogen) atoms. The van der Waals surface area contributed by atoms with Crippen molar-refractivity contribution in [2.24, 2.45) is 0 Å². The van der Waals surface area contributed by atoms with Crippen molar-refractivity contribution in [3.05, 3.63) is 40.9 Å². The van der Waals surface area contributed by atoms with Crippen LogP contribution in [0.25, 0.3) is 6.08 Å². The molecule has 0 bridgehead atoms. The summed E-state index contributed by atoms with van der Waals surface area (Å²) in [6, 6.07) is 7.14. The van der Waals surface area contributed by atoms with Crippen molar-refractivity contribution in [3.8, 4) is 0 Å². The summed E-state index contributed by atoms with van der Waals surface area (Å²) in [6.07, 6.45) is 1.36. The highest BCUT2D eigenvalue weighted by Gasteiger charge is 2.31. The van der Waals surface area contributed by atoms with Crippen molar-refractivity contribution in [2.75, 3.05) is 13.1 Å². The summed E-state index contributed by atoms with van der Waals surface area (Å²) in [4.78, 5) is 13.2. The number of halogens is 1. The number of rotatable bonds is 2. The zero-order valence-electron chi connectivity index (χ0n) is 9.66. The number of amides is 1. The van der Waals surface area contributed by atoms with E-state index in [2.05, 4.69) is 0 Å². The molecule has 0 radical (unpaired) electrons. The third-order valence-corrected chi connectivity index (χ3v) is 3.07. The minimum absolute atomic E-state index is 0.167. The number of aliphatic hydroxyl groups excluding tert-OH is 2. The van der Waals surface area contributed by atoms with Crippen LogP contribution in [0, 0.1) is 0 Å². The first-order chi connectivity index (χ1) is 8.56. The van der Waals surface area contributed by atoms with Crippen LogP contribution in [0.3, 0.4) is 0 Å². The molecule has 4 nitrogen and oxygen atoms in total. The number of likely N-dealkylation sites (tertiary alicyclic amines) is 1. The van der Waals surface area contributed by atoms with Crippen LogP contribution in [0.5, 0.6) is 0 Å². The molecule has 1 aromatic rings. The van der Waals surface area contributed by atoms with Gasteiger partial charge in [0.1, 0.15) is 0 Å². The molecule has 96 valence electrons. The second kappa shape index (κ2) is 5.52. The van der Waals surface area contributed by atoms with Gasteiger partial charge in [0.25, 0.3) is 0 Å². The van der Waals surface area contributed by atoms with Gasteiger partial charge in [-0.25, -0.2) is 0 Å². The standard InChI is InChI=1S/C13H14ClNO3/c14-10-3-1-2-9(6-10)4-5-13(18)15-7-11(16)12(17)8-15/h1-6,11-12,16-17H,7-8H2/t11-,12+. The normalized spacial score (nSPS) is 23.8. The number of β-amino-alcohol motifs (C(OH)–C–C–N with tert-alkyl or cyclic N) is 2. The molecule has 1 heterocycles. The number of hydrogen-bond donors (Lipinski definition) is 2. The first kappa shape index (κ1) is 13.1. The number of carbonyl (C=O) groups is 1. The van der Waals surface area contributed by atoms with Crippen LogP contribution < -0.4 is 0 Å². The minimum atomic E-state index is -0.853. The number of nitrogens with zero attached hydrogens (tertiary/aromatic N) is 1. The van der Waals surface area contributed by atoms with Crippen LogP contribution in [0.1, 0.15) is 5.56 Å². The maximum absolute atomic E-state index is 11.8. The van der Waals surface area contributed by atoms with Gasteiger partial charge in [0.05, 0.1) is 12.2 Å². The molecule has 2 N–H and O–H groups in total. The summed E-state index contributed by atoms with van der Waals surface area (Å²) in [6.45, 7) is 0.333. The Balaban J connectivity index is 1.99. The average Bonchev–Trinajstić information content (AvgIpc) is 2.67. The van der Waals surface area contributed by atoms with E-state index in [0.717, 1.165) is 5.56 Å². The van der Waals surface area contributed by atoms with Crippen molar-refractivity contribution < 1.29 is 15.0 Å². The Kier molecular flexibility index (Phi) is 4.01. The highest BCUT2D eigenvalue weighted by molar-refractivity contribution is 6.30. The zero-order chi connectivity index (χ0) is 13.1.